The molecule has 8 heteroatoms. The van der Waals surface area contributed by atoms with Crippen LogP contribution in [-0.2, 0) is 17.7 Å². The van der Waals surface area contributed by atoms with E-state index < -0.39 is 0 Å². The maximum atomic E-state index is 15.3. The van der Waals surface area contributed by atoms with Crippen molar-refractivity contribution in [3.63, 3.8) is 0 Å². The van der Waals surface area contributed by atoms with Crippen LogP contribution in [0, 0.1) is 18.7 Å². The van der Waals surface area contributed by atoms with E-state index in [1.807, 2.05) is 19.2 Å². The summed E-state index contributed by atoms with van der Waals surface area (Å²) >= 11 is 1.58. The first-order valence-corrected chi connectivity index (χ1v) is 10.9. The van der Waals surface area contributed by atoms with Crippen LogP contribution in [0.5, 0.6) is 0 Å². The van der Waals surface area contributed by atoms with Gasteiger partial charge in [-0.25, -0.2) is 14.4 Å². The lowest BCUT2D eigenvalue weighted by atomic mass is 9.93. The molecule has 1 atom stereocenters. The molecule has 2 saturated heterocycles. The SMILES string of the molecule is Cc1cnc(Nc2cc(CN3CCOCC3)c(F)c(C[C@H]3CCCNC3)n2)s1. The second kappa shape index (κ2) is 9.26. The van der Waals surface area contributed by atoms with Gasteiger partial charge < -0.3 is 15.4 Å². The molecule has 4 rings (SSSR count). The Morgan fingerprint density at radius 2 is 2.25 bits per heavy atom. The summed E-state index contributed by atoms with van der Waals surface area (Å²) < 4.78 is 20.7. The third-order valence-electron chi connectivity index (χ3n) is 5.34. The molecule has 0 radical (unpaired) electrons. The van der Waals surface area contributed by atoms with Crippen molar-refractivity contribution in [2.24, 2.45) is 5.92 Å². The summed E-state index contributed by atoms with van der Waals surface area (Å²) in [7, 11) is 0. The average molecular weight is 406 g/mol. The fourth-order valence-electron chi connectivity index (χ4n) is 3.85. The second-order valence-electron chi connectivity index (χ2n) is 7.63. The van der Waals surface area contributed by atoms with Gasteiger partial charge in [-0.2, -0.15) is 0 Å². The van der Waals surface area contributed by atoms with Crippen LogP contribution in [0.15, 0.2) is 12.3 Å². The lowest BCUT2D eigenvalue weighted by molar-refractivity contribution is 0.0337. The van der Waals surface area contributed by atoms with Crippen LogP contribution in [0.2, 0.25) is 0 Å². The van der Waals surface area contributed by atoms with E-state index >= 15 is 4.39 Å². The van der Waals surface area contributed by atoms with Crippen LogP contribution in [0.25, 0.3) is 0 Å². The molecule has 0 aromatic carbocycles. The molecule has 2 aliphatic heterocycles. The molecule has 2 N–H and O–H groups in total. The van der Waals surface area contributed by atoms with Crippen molar-refractivity contribution >= 4 is 22.3 Å². The van der Waals surface area contributed by atoms with Crippen molar-refractivity contribution in [3.05, 3.63) is 34.2 Å². The predicted octanol–water partition coefficient (Wildman–Crippen LogP) is 3.10. The minimum Gasteiger partial charge on any atom is -0.379 e. The van der Waals surface area contributed by atoms with Crippen LogP contribution in [0.3, 0.4) is 0 Å². The lowest BCUT2D eigenvalue weighted by Crippen LogP contribution is -2.36. The van der Waals surface area contributed by atoms with Crippen molar-refractivity contribution in [2.45, 2.75) is 32.7 Å². The van der Waals surface area contributed by atoms with Gasteiger partial charge in [0.05, 0.1) is 18.9 Å². The minimum atomic E-state index is -0.155. The van der Waals surface area contributed by atoms with Gasteiger partial charge in [-0.1, -0.05) is 0 Å². The Hall–Kier alpha value is -1.61. The average Bonchev–Trinajstić information content (AvgIpc) is 3.11. The smallest absolute Gasteiger partial charge is 0.188 e. The molecule has 2 aromatic heterocycles. The molecule has 2 fully saturated rings. The highest BCUT2D eigenvalue weighted by Gasteiger charge is 2.21. The minimum absolute atomic E-state index is 0.155. The fourth-order valence-corrected chi connectivity index (χ4v) is 4.52. The van der Waals surface area contributed by atoms with Gasteiger partial charge >= 0.3 is 0 Å². The zero-order valence-electron chi connectivity index (χ0n) is 16.3. The molecule has 0 unspecified atom stereocenters. The highest BCUT2D eigenvalue weighted by Crippen LogP contribution is 2.26. The number of ether oxygens (including phenoxy) is 1. The third-order valence-corrected chi connectivity index (χ3v) is 6.16. The monoisotopic (exact) mass is 405 g/mol. The first-order valence-electron chi connectivity index (χ1n) is 10.1. The first kappa shape index (κ1) is 19.7. The molecule has 0 spiro atoms. The molecule has 0 amide bonds. The Morgan fingerprint density at radius 1 is 1.39 bits per heavy atom. The molecule has 152 valence electrons. The second-order valence-corrected chi connectivity index (χ2v) is 8.87. The summed E-state index contributed by atoms with van der Waals surface area (Å²) in [5, 5.41) is 7.48. The van der Waals surface area contributed by atoms with Gasteiger partial charge in [0.1, 0.15) is 11.6 Å². The molecule has 0 bridgehead atoms. The molecule has 28 heavy (non-hydrogen) atoms. The zero-order chi connectivity index (χ0) is 19.3. The predicted molar refractivity (Wildman–Crippen MR) is 110 cm³/mol. The number of anilines is 2. The van der Waals surface area contributed by atoms with E-state index in [0.29, 0.717) is 49.2 Å². The van der Waals surface area contributed by atoms with E-state index in [0.717, 1.165) is 49.0 Å². The van der Waals surface area contributed by atoms with Crippen LogP contribution < -0.4 is 10.6 Å². The number of piperidine rings is 1. The fraction of sp³-hybridized carbons (Fsp3) is 0.600. The number of halogens is 1. The van der Waals surface area contributed by atoms with Crippen molar-refractivity contribution in [3.8, 4) is 0 Å². The van der Waals surface area contributed by atoms with Gasteiger partial charge in [0, 0.05) is 36.3 Å². The van der Waals surface area contributed by atoms with Crippen LogP contribution in [0.4, 0.5) is 15.3 Å². The van der Waals surface area contributed by atoms with Crippen molar-refractivity contribution in [1.29, 1.82) is 0 Å². The third kappa shape index (κ3) is 5.05. The normalized spacial score (nSPS) is 21.0. The number of thiazole rings is 1. The zero-order valence-corrected chi connectivity index (χ0v) is 17.2. The summed E-state index contributed by atoms with van der Waals surface area (Å²) in [6.45, 7) is 7.66. The molecular formula is C20H28FN5OS. The van der Waals surface area contributed by atoms with Crippen molar-refractivity contribution < 1.29 is 9.13 Å². The van der Waals surface area contributed by atoms with Crippen LogP contribution in [-0.4, -0.2) is 54.3 Å². The number of hydrogen-bond donors (Lipinski definition) is 2. The van der Waals surface area contributed by atoms with Crippen molar-refractivity contribution in [2.75, 3.05) is 44.7 Å². The topological polar surface area (TPSA) is 62.3 Å². The summed E-state index contributed by atoms with van der Waals surface area (Å²) in [6.07, 6.45) is 4.76. The molecule has 2 aliphatic rings. The van der Waals surface area contributed by atoms with Gasteiger partial charge in [0.2, 0.25) is 0 Å². The standard InChI is InChI=1S/C20H28FN5OS/c1-14-11-23-20(28-14)25-18-10-16(13-26-5-7-27-8-6-26)19(21)17(24-18)9-15-3-2-4-22-12-15/h10-11,15,22H,2-9,12-13H2,1H3,(H,23,24,25)/t15-/m1/s1. The van der Waals surface area contributed by atoms with Crippen LogP contribution >= 0.6 is 11.3 Å². The highest BCUT2D eigenvalue weighted by molar-refractivity contribution is 7.15. The van der Waals surface area contributed by atoms with E-state index in [2.05, 4.69) is 25.5 Å². The molecule has 6 nitrogen and oxygen atoms in total. The Kier molecular flexibility index (Phi) is 6.51. The van der Waals surface area contributed by atoms with E-state index in [9.17, 15) is 0 Å². The number of hydrogen-bond acceptors (Lipinski definition) is 7. The summed E-state index contributed by atoms with van der Waals surface area (Å²) in [4.78, 5) is 12.4. The van der Waals surface area contributed by atoms with Gasteiger partial charge in [0.25, 0.3) is 0 Å². The first-order chi connectivity index (χ1) is 13.7. The number of pyridine rings is 1. The number of aryl methyl sites for hydroxylation is 1. The van der Waals surface area contributed by atoms with Gasteiger partial charge in [0.15, 0.2) is 5.13 Å². The highest BCUT2D eigenvalue weighted by atomic mass is 32.1. The van der Waals surface area contributed by atoms with Gasteiger partial charge in [-0.05, 0) is 51.3 Å². The van der Waals surface area contributed by atoms with Gasteiger partial charge in [-0.3, -0.25) is 4.90 Å². The molecule has 2 aromatic rings. The van der Waals surface area contributed by atoms with E-state index in [4.69, 9.17) is 4.74 Å². The summed E-state index contributed by atoms with van der Waals surface area (Å²) in [5.41, 5.74) is 1.27. The summed E-state index contributed by atoms with van der Waals surface area (Å²) in [5.74, 6) is 0.958. The van der Waals surface area contributed by atoms with Crippen molar-refractivity contribution in [1.82, 2.24) is 20.2 Å². The Bertz CT molecular complexity index is 746. The Morgan fingerprint density at radius 3 is 2.96 bits per heavy atom. The molecular weight excluding hydrogens is 377 g/mol. The maximum Gasteiger partial charge on any atom is 0.188 e. The molecule has 0 aliphatic carbocycles. The molecule has 0 saturated carbocycles. The Balaban J connectivity index is 1.58. The number of nitrogens with zero attached hydrogens (tertiary/aromatic N) is 3. The van der Waals surface area contributed by atoms with E-state index in [1.165, 1.54) is 0 Å². The maximum absolute atomic E-state index is 15.3. The number of rotatable bonds is 6. The Labute approximate surface area is 169 Å². The van der Waals surface area contributed by atoms with Crippen LogP contribution in [0.1, 0.15) is 29.0 Å². The van der Waals surface area contributed by atoms with Gasteiger partial charge in [-0.15, -0.1) is 11.3 Å². The number of morpholine rings is 1. The van der Waals surface area contributed by atoms with E-state index in [-0.39, 0.29) is 5.82 Å². The van der Waals surface area contributed by atoms with E-state index in [1.54, 1.807) is 11.3 Å². The number of aromatic nitrogens is 2. The molecule has 4 heterocycles. The lowest BCUT2D eigenvalue weighted by Gasteiger charge is -2.27. The quantitative estimate of drug-likeness (QED) is 0.770. The largest absolute Gasteiger partial charge is 0.379 e. The summed E-state index contributed by atoms with van der Waals surface area (Å²) in [6, 6.07) is 1.84. The number of nitrogens with one attached hydrogen (secondary N) is 2.